The molecule has 19 heavy (non-hydrogen) atoms. The summed E-state index contributed by atoms with van der Waals surface area (Å²) in [6.45, 7) is 2.17. The first-order valence-corrected chi connectivity index (χ1v) is 8.46. The first kappa shape index (κ1) is 18.5. The smallest absolute Gasteiger partial charge is 0.0223 e. The highest BCUT2D eigenvalue weighted by molar-refractivity contribution is 6.17. The summed E-state index contributed by atoms with van der Waals surface area (Å²) in [5.41, 5.74) is 0. The van der Waals surface area contributed by atoms with Gasteiger partial charge in [-0.25, -0.2) is 0 Å². The van der Waals surface area contributed by atoms with Gasteiger partial charge in [0.05, 0.1) is 0 Å². The van der Waals surface area contributed by atoms with Crippen LogP contribution in [0, 0.1) is 0 Å². The largest absolute Gasteiger partial charge is 0.127 e. The number of alkyl halides is 1. The molecular formula is C18H31Cl. The predicted octanol–water partition coefficient (Wildman–Crippen LogP) is 6.81. The van der Waals surface area contributed by atoms with Crippen LogP contribution in [0.25, 0.3) is 0 Å². The summed E-state index contributed by atoms with van der Waals surface area (Å²) in [6.07, 6.45) is 26.0. The molecule has 0 saturated heterocycles. The monoisotopic (exact) mass is 282 g/mol. The first-order chi connectivity index (χ1) is 9.41. The molecule has 110 valence electrons. The summed E-state index contributed by atoms with van der Waals surface area (Å²) in [5.74, 6) is 0.824. The minimum atomic E-state index is 0.824. The van der Waals surface area contributed by atoms with E-state index in [9.17, 15) is 0 Å². The van der Waals surface area contributed by atoms with Crippen molar-refractivity contribution in [1.29, 1.82) is 0 Å². The highest BCUT2D eigenvalue weighted by atomic mass is 35.5. The molecule has 0 rings (SSSR count). The molecule has 0 aromatic rings. The van der Waals surface area contributed by atoms with E-state index in [1.807, 2.05) is 0 Å². The van der Waals surface area contributed by atoms with Gasteiger partial charge in [-0.2, -0.15) is 0 Å². The third kappa shape index (κ3) is 17.5. The minimum Gasteiger partial charge on any atom is -0.127 e. The summed E-state index contributed by atoms with van der Waals surface area (Å²) in [5, 5.41) is 0. The van der Waals surface area contributed by atoms with Gasteiger partial charge >= 0.3 is 0 Å². The van der Waals surface area contributed by atoms with Gasteiger partial charge < -0.3 is 0 Å². The van der Waals surface area contributed by atoms with Gasteiger partial charge in [0.15, 0.2) is 0 Å². The van der Waals surface area contributed by atoms with Crippen LogP contribution in [0.3, 0.4) is 0 Å². The van der Waals surface area contributed by atoms with E-state index in [4.69, 9.17) is 11.6 Å². The van der Waals surface area contributed by atoms with E-state index in [1.165, 1.54) is 44.9 Å². The Kier molecular flexibility index (Phi) is 17.1. The molecule has 0 unspecified atom stereocenters. The normalized spacial score (nSPS) is 12.3. The molecule has 0 bridgehead atoms. The fraction of sp³-hybridized carbons (Fsp3) is 0.667. The standard InChI is InChI=1S/C18H31Cl/c1-2-3-4-5-6-7-8-9-10-11-12-13-14-15-16-17-18-19/h3-4,6-7,9-10H,2,5,8,11-18H2,1H3. The number of hydrogen-bond acceptors (Lipinski definition) is 0. The summed E-state index contributed by atoms with van der Waals surface area (Å²) in [4.78, 5) is 0. The van der Waals surface area contributed by atoms with Gasteiger partial charge in [0.2, 0.25) is 0 Å². The zero-order valence-corrected chi connectivity index (χ0v) is 13.4. The number of halogens is 1. The average molecular weight is 283 g/mol. The molecule has 0 radical (unpaired) electrons. The van der Waals surface area contributed by atoms with Crippen molar-refractivity contribution in [1.82, 2.24) is 0 Å². The average Bonchev–Trinajstić information content (AvgIpc) is 2.43. The maximum Gasteiger partial charge on any atom is 0.0223 e. The van der Waals surface area contributed by atoms with Crippen LogP contribution >= 0.6 is 11.6 Å². The first-order valence-electron chi connectivity index (χ1n) is 7.92. The molecule has 0 spiro atoms. The molecule has 0 amide bonds. The van der Waals surface area contributed by atoms with Crippen LogP contribution in [0.4, 0.5) is 0 Å². The van der Waals surface area contributed by atoms with E-state index >= 15 is 0 Å². The summed E-state index contributed by atoms with van der Waals surface area (Å²) in [7, 11) is 0. The zero-order chi connectivity index (χ0) is 14.0. The lowest BCUT2D eigenvalue weighted by Crippen LogP contribution is -1.80. The van der Waals surface area contributed by atoms with E-state index in [0.29, 0.717) is 0 Å². The summed E-state index contributed by atoms with van der Waals surface area (Å²) in [6, 6.07) is 0. The molecule has 0 atom stereocenters. The Bertz CT molecular complexity index is 238. The van der Waals surface area contributed by atoms with E-state index in [-0.39, 0.29) is 0 Å². The molecule has 0 fully saturated rings. The van der Waals surface area contributed by atoms with Crippen LogP contribution in [0.5, 0.6) is 0 Å². The van der Waals surface area contributed by atoms with Crippen LogP contribution in [0.1, 0.15) is 71.1 Å². The SMILES string of the molecule is CCC=CCC=CCC=CCCCCCCCCCl. The number of hydrogen-bond donors (Lipinski definition) is 0. The molecule has 0 saturated carbocycles. The molecule has 0 aromatic heterocycles. The zero-order valence-electron chi connectivity index (χ0n) is 12.6. The third-order valence-electron chi connectivity index (χ3n) is 3.03. The molecule has 0 nitrogen and oxygen atoms in total. The molecule has 0 heterocycles. The fourth-order valence-electron chi connectivity index (χ4n) is 1.89. The van der Waals surface area contributed by atoms with Crippen molar-refractivity contribution in [3.8, 4) is 0 Å². The molecular weight excluding hydrogens is 252 g/mol. The van der Waals surface area contributed by atoms with Crippen LogP contribution in [-0.2, 0) is 0 Å². The fourth-order valence-corrected chi connectivity index (χ4v) is 2.08. The third-order valence-corrected chi connectivity index (χ3v) is 3.30. The molecule has 1 heteroatoms. The Morgan fingerprint density at radius 1 is 0.632 bits per heavy atom. The van der Waals surface area contributed by atoms with Gasteiger partial charge in [-0.1, -0.05) is 69.1 Å². The van der Waals surface area contributed by atoms with Gasteiger partial charge in [0.25, 0.3) is 0 Å². The van der Waals surface area contributed by atoms with Crippen molar-refractivity contribution in [2.24, 2.45) is 0 Å². The van der Waals surface area contributed by atoms with Gasteiger partial charge in [-0.05, 0) is 38.5 Å². The van der Waals surface area contributed by atoms with E-state index in [0.717, 1.165) is 25.1 Å². The second-order valence-corrected chi connectivity index (χ2v) is 5.27. The molecule has 0 N–H and O–H groups in total. The van der Waals surface area contributed by atoms with Crippen LogP contribution in [0.15, 0.2) is 36.5 Å². The van der Waals surface area contributed by atoms with Gasteiger partial charge in [-0.15, -0.1) is 11.6 Å². The quantitative estimate of drug-likeness (QED) is 0.198. The second kappa shape index (κ2) is 17.5. The topological polar surface area (TPSA) is 0 Å². The van der Waals surface area contributed by atoms with Crippen molar-refractivity contribution in [3.05, 3.63) is 36.5 Å². The van der Waals surface area contributed by atoms with Gasteiger partial charge in [-0.3, -0.25) is 0 Å². The maximum absolute atomic E-state index is 5.64. The number of unbranched alkanes of at least 4 members (excludes halogenated alkanes) is 6. The highest BCUT2D eigenvalue weighted by Crippen LogP contribution is 2.08. The second-order valence-electron chi connectivity index (χ2n) is 4.89. The summed E-state index contributed by atoms with van der Waals surface area (Å²) < 4.78 is 0. The van der Waals surface area contributed by atoms with Gasteiger partial charge in [0, 0.05) is 5.88 Å². The molecule has 0 aliphatic rings. The minimum absolute atomic E-state index is 0.824. The van der Waals surface area contributed by atoms with Gasteiger partial charge in [0.1, 0.15) is 0 Å². The van der Waals surface area contributed by atoms with E-state index in [2.05, 4.69) is 43.4 Å². The van der Waals surface area contributed by atoms with Crippen LogP contribution in [-0.4, -0.2) is 5.88 Å². The Balaban J connectivity index is 3.19. The van der Waals surface area contributed by atoms with Crippen molar-refractivity contribution in [2.45, 2.75) is 71.1 Å². The maximum atomic E-state index is 5.64. The lowest BCUT2D eigenvalue weighted by atomic mass is 10.1. The lowest BCUT2D eigenvalue weighted by Gasteiger charge is -1.98. The number of allylic oxidation sites excluding steroid dienone is 6. The van der Waals surface area contributed by atoms with Crippen LogP contribution in [0.2, 0.25) is 0 Å². The predicted molar refractivity (Wildman–Crippen MR) is 90.0 cm³/mol. The Hall–Kier alpha value is -0.490. The molecule has 0 aromatic carbocycles. The van der Waals surface area contributed by atoms with Crippen molar-refractivity contribution in [3.63, 3.8) is 0 Å². The Labute approximate surface area is 125 Å². The van der Waals surface area contributed by atoms with E-state index in [1.54, 1.807) is 0 Å². The Morgan fingerprint density at radius 3 is 1.79 bits per heavy atom. The molecule has 0 aliphatic carbocycles. The Morgan fingerprint density at radius 2 is 1.16 bits per heavy atom. The molecule has 0 aliphatic heterocycles. The number of rotatable bonds is 13. The van der Waals surface area contributed by atoms with Crippen molar-refractivity contribution < 1.29 is 0 Å². The summed E-state index contributed by atoms with van der Waals surface area (Å²) >= 11 is 5.64. The lowest BCUT2D eigenvalue weighted by molar-refractivity contribution is 0.612. The van der Waals surface area contributed by atoms with E-state index < -0.39 is 0 Å². The van der Waals surface area contributed by atoms with Crippen LogP contribution < -0.4 is 0 Å². The van der Waals surface area contributed by atoms with Crippen molar-refractivity contribution in [2.75, 3.05) is 5.88 Å². The van der Waals surface area contributed by atoms with Crippen molar-refractivity contribution >= 4 is 11.6 Å². The highest BCUT2D eigenvalue weighted by Gasteiger charge is 1.89.